The lowest BCUT2D eigenvalue weighted by molar-refractivity contribution is 0.100. The van der Waals surface area contributed by atoms with Gasteiger partial charge in [-0.25, -0.2) is 4.39 Å². The fraction of sp³-hybridized carbons (Fsp3) is 0.435. The van der Waals surface area contributed by atoms with Gasteiger partial charge in [0.25, 0.3) is 0 Å². The van der Waals surface area contributed by atoms with Crippen LogP contribution >= 0.6 is 12.2 Å². The lowest BCUT2D eigenvalue weighted by Crippen LogP contribution is -2.38. The summed E-state index contributed by atoms with van der Waals surface area (Å²) >= 11 is 5.60. The Morgan fingerprint density at radius 1 is 1.07 bits per heavy atom. The highest BCUT2D eigenvalue weighted by Crippen LogP contribution is 2.34. The normalized spacial score (nSPS) is 23.8. The number of nitrogens with one attached hydrogen (secondary N) is 1. The Morgan fingerprint density at radius 2 is 1.83 bits per heavy atom. The van der Waals surface area contributed by atoms with Crippen LogP contribution in [-0.4, -0.2) is 40.7 Å². The van der Waals surface area contributed by atoms with Gasteiger partial charge in [0.2, 0.25) is 0 Å². The molecule has 0 aliphatic carbocycles. The van der Waals surface area contributed by atoms with E-state index in [0.29, 0.717) is 12.0 Å². The van der Waals surface area contributed by atoms with Crippen LogP contribution in [0.1, 0.15) is 37.0 Å². The third-order valence-electron chi connectivity index (χ3n) is 6.38. The number of ether oxygens (including phenoxy) is 1. The van der Waals surface area contributed by atoms with Gasteiger partial charge in [0.05, 0.1) is 23.7 Å². The van der Waals surface area contributed by atoms with Crippen LogP contribution in [0.25, 0.3) is 11.0 Å². The van der Waals surface area contributed by atoms with Crippen molar-refractivity contribution in [2.75, 3.05) is 26.2 Å². The summed E-state index contributed by atoms with van der Waals surface area (Å²) in [4.78, 5) is 5.91. The number of nitrogens with zero attached hydrogens (tertiary/aromatic N) is 2. The second-order valence-corrected chi connectivity index (χ2v) is 8.71. The van der Waals surface area contributed by atoms with Crippen molar-refractivity contribution >= 4 is 23.3 Å². The molecule has 0 radical (unpaired) electrons. The molecule has 2 atom stereocenters. The maximum atomic E-state index is 13.1. The molecular formula is C23H26FN3OS. The van der Waals surface area contributed by atoms with Crippen molar-refractivity contribution in [2.24, 2.45) is 5.92 Å². The SMILES string of the molecule is Fc1ccc(C2CC(CN3CCC(n4c(=S)[nH]c5ccccc54)CC3)CO2)cc1. The van der Waals surface area contributed by atoms with Crippen LogP contribution in [0.2, 0.25) is 0 Å². The van der Waals surface area contributed by atoms with Gasteiger partial charge in [0, 0.05) is 25.7 Å². The molecule has 1 aromatic heterocycles. The third-order valence-corrected chi connectivity index (χ3v) is 6.68. The number of halogens is 1. The van der Waals surface area contributed by atoms with E-state index in [1.54, 1.807) is 0 Å². The number of benzene rings is 2. The largest absolute Gasteiger partial charge is 0.373 e. The van der Waals surface area contributed by atoms with Gasteiger partial charge in [-0.15, -0.1) is 0 Å². The van der Waals surface area contributed by atoms with Crippen LogP contribution in [-0.2, 0) is 4.74 Å². The zero-order valence-electron chi connectivity index (χ0n) is 16.4. The van der Waals surface area contributed by atoms with Crippen LogP contribution in [0.15, 0.2) is 48.5 Å². The summed E-state index contributed by atoms with van der Waals surface area (Å²) in [5.41, 5.74) is 3.42. The van der Waals surface area contributed by atoms with Gasteiger partial charge in [-0.1, -0.05) is 24.3 Å². The minimum atomic E-state index is -0.193. The molecule has 29 heavy (non-hydrogen) atoms. The van der Waals surface area contributed by atoms with Gasteiger partial charge in [-0.3, -0.25) is 0 Å². The average molecular weight is 412 g/mol. The number of imidazole rings is 1. The number of hydrogen-bond donors (Lipinski definition) is 1. The first-order chi connectivity index (χ1) is 14.2. The molecule has 2 aliphatic heterocycles. The average Bonchev–Trinajstić information content (AvgIpc) is 3.33. The van der Waals surface area contributed by atoms with E-state index in [2.05, 4.69) is 32.7 Å². The minimum absolute atomic E-state index is 0.0997. The molecule has 0 spiro atoms. The number of hydrogen-bond acceptors (Lipinski definition) is 3. The molecule has 2 saturated heterocycles. The number of aromatic nitrogens is 2. The van der Waals surface area contributed by atoms with Crippen molar-refractivity contribution in [3.63, 3.8) is 0 Å². The maximum absolute atomic E-state index is 13.1. The lowest BCUT2D eigenvalue weighted by atomic mass is 9.98. The Hall–Kier alpha value is -2.02. The standard InChI is InChI=1S/C23H26FN3OS/c24-18-7-5-17(6-8-18)22-13-16(15-28-22)14-26-11-9-19(10-12-26)27-21-4-2-1-3-20(21)25-23(27)29/h1-8,16,19,22H,9-15H2,(H,25,29). The maximum Gasteiger partial charge on any atom is 0.178 e. The number of likely N-dealkylation sites (tertiary alicyclic amines) is 1. The Bertz CT molecular complexity index is 1040. The number of rotatable bonds is 4. The van der Waals surface area contributed by atoms with Crippen molar-refractivity contribution in [3.8, 4) is 0 Å². The van der Waals surface area contributed by atoms with Crippen LogP contribution in [0.5, 0.6) is 0 Å². The highest BCUT2D eigenvalue weighted by molar-refractivity contribution is 7.71. The predicted molar refractivity (Wildman–Crippen MR) is 115 cm³/mol. The molecule has 2 aromatic carbocycles. The Kier molecular flexibility index (Phi) is 5.24. The second kappa shape index (κ2) is 8.01. The number of para-hydroxylation sites is 2. The first-order valence-electron chi connectivity index (χ1n) is 10.5. The Balaban J connectivity index is 1.18. The number of fused-ring (bicyclic) bond motifs is 1. The molecule has 0 saturated carbocycles. The molecule has 2 fully saturated rings. The summed E-state index contributed by atoms with van der Waals surface area (Å²) in [6.45, 7) is 4.03. The van der Waals surface area contributed by atoms with Gasteiger partial charge < -0.3 is 19.2 Å². The summed E-state index contributed by atoms with van der Waals surface area (Å²) < 4.78 is 22.3. The zero-order chi connectivity index (χ0) is 19.8. The first kappa shape index (κ1) is 19.0. The van der Waals surface area contributed by atoms with Gasteiger partial charge in [-0.05, 0) is 67.2 Å². The Morgan fingerprint density at radius 3 is 2.62 bits per heavy atom. The smallest absolute Gasteiger partial charge is 0.178 e. The molecule has 152 valence electrons. The van der Waals surface area contributed by atoms with E-state index in [9.17, 15) is 4.39 Å². The molecule has 3 heterocycles. The third kappa shape index (κ3) is 3.89. The summed E-state index contributed by atoms with van der Waals surface area (Å²) in [6, 6.07) is 15.6. The molecular weight excluding hydrogens is 385 g/mol. The van der Waals surface area contributed by atoms with E-state index in [1.807, 2.05) is 18.2 Å². The molecule has 1 N–H and O–H groups in total. The summed E-state index contributed by atoms with van der Waals surface area (Å²) in [6.07, 6.45) is 3.35. The van der Waals surface area contributed by atoms with Gasteiger partial charge in [0.15, 0.2) is 4.77 Å². The van der Waals surface area contributed by atoms with Crippen molar-refractivity contribution < 1.29 is 9.13 Å². The van der Waals surface area contributed by atoms with Gasteiger partial charge in [0.1, 0.15) is 5.82 Å². The van der Waals surface area contributed by atoms with Gasteiger partial charge in [-0.2, -0.15) is 0 Å². The van der Waals surface area contributed by atoms with Gasteiger partial charge >= 0.3 is 0 Å². The van der Waals surface area contributed by atoms with E-state index in [0.717, 1.165) is 61.4 Å². The molecule has 5 rings (SSSR count). The molecule has 6 heteroatoms. The highest BCUT2D eigenvalue weighted by Gasteiger charge is 2.30. The molecule has 0 amide bonds. The predicted octanol–water partition coefficient (Wildman–Crippen LogP) is 5.25. The fourth-order valence-corrected chi connectivity index (χ4v) is 5.25. The second-order valence-electron chi connectivity index (χ2n) is 8.32. The molecule has 4 nitrogen and oxygen atoms in total. The quantitative estimate of drug-likeness (QED) is 0.595. The lowest BCUT2D eigenvalue weighted by Gasteiger charge is -2.34. The zero-order valence-corrected chi connectivity index (χ0v) is 17.2. The van der Waals surface area contributed by atoms with Crippen molar-refractivity contribution in [3.05, 3.63) is 64.7 Å². The monoisotopic (exact) mass is 411 g/mol. The van der Waals surface area contributed by atoms with Crippen molar-refractivity contribution in [2.45, 2.75) is 31.4 Å². The van der Waals surface area contributed by atoms with Crippen molar-refractivity contribution in [1.29, 1.82) is 0 Å². The number of aromatic amines is 1. The first-order valence-corrected chi connectivity index (χ1v) is 10.9. The molecule has 3 aromatic rings. The number of H-pyrrole nitrogens is 1. The van der Waals surface area contributed by atoms with E-state index in [4.69, 9.17) is 17.0 Å². The van der Waals surface area contributed by atoms with E-state index in [-0.39, 0.29) is 11.9 Å². The molecule has 2 unspecified atom stereocenters. The van der Waals surface area contributed by atoms with Crippen LogP contribution < -0.4 is 0 Å². The van der Waals surface area contributed by atoms with Crippen LogP contribution in [0.4, 0.5) is 4.39 Å². The summed E-state index contributed by atoms with van der Waals surface area (Å²) in [7, 11) is 0. The minimum Gasteiger partial charge on any atom is -0.373 e. The van der Waals surface area contributed by atoms with Crippen molar-refractivity contribution in [1.82, 2.24) is 14.5 Å². The van der Waals surface area contributed by atoms with E-state index < -0.39 is 0 Å². The summed E-state index contributed by atoms with van der Waals surface area (Å²) in [5, 5.41) is 0. The Labute approximate surface area is 175 Å². The fourth-order valence-electron chi connectivity index (χ4n) is 4.89. The van der Waals surface area contributed by atoms with E-state index >= 15 is 0 Å². The summed E-state index contributed by atoms with van der Waals surface area (Å²) in [5.74, 6) is 0.346. The highest BCUT2D eigenvalue weighted by atomic mass is 32.1. The topological polar surface area (TPSA) is 33.2 Å². The molecule has 0 bridgehead atoms. The van der Waals surface area contributed by atoms with E-state index in [1.165, 1.54) is 17.6 Å². The molecule has 2 aliphatic rings. The van der Waals surface area contributed by atoms with Crippen LogP contribution in [0, 0.1) is 16.5 Å². The van der Waals surface area contributed by atoms with Crippen LogP contribution in [0.3, 0.4) is 0 Å². The number of piperidine rings is 1.